The van der Waals surface area contributed by atoms with E-state index in [2.05, 4.69) is 133 Å². The molecule has 1 unspecified atom stereocenters. The highest BCUT2D eigenvalue weighted by Gasteiger charge is 2.39. The lowest BCUT2D eigenvalue weighted by atomic mass is 9.80. The van der Waals surface area contributed by atoms with Crippen LogP contribution in [0.25, 0.3) is 38.4 Å². The summed E-state index contributed by atoms with van der Waals surface area (Å²) in [7, 11) is 0. The second-order valence-electron chi connectivity index (χ2n) is 8.96. The number of ether oxygens (including phenoxy) is 1. The molecule has 7 rings (SSSR count). The average Bonchev–Trinajstić information content (AvgIpc) is 2.92. The Morgan fingerprint density at radius 3 is 2.00 bits per heavy atom. The van der Waals surface area contributed by atoms with Gasteiger partial charge in [-0.25, -0.2) is 0 Å². The van der Waals surface area contributed by atoms with Crippen LogP contribution in [0.3, 0.4) is 0 Å². The van der Waals surface area contributed by atoms with Gasteiger partial charge in [-0.2, -0.15) is 0 Å². The van der Waals surface area contributed by atoms with Gasteiger partial charge in [0.25, 0.3) is 0 Å². The zero-order valence-electron chi connectivity index (χ0n) is 18.6. The third-order valence-electron chi connectivity index (χ3n) is 7.04. The largest absolute Gasteiger partial charge is 0.472 e. The molecule has 0 spiro atoms. The van der Waals surface area contributed by atoms with Gasteiger partial charge < -0.3 is 4.74 Å². The summed E-state index contributed by atoms with van der Waals surface area (Å²) >= 11 is 0. The lowest BCUT2D eigenvalue weighted by Gasteiger charge is -2.37. The zero-order chi connectivity index (χ0) is 22.5. The SMILES string of the molecule is C1=CC(c2ccc3ccccc3c2)(c2cccc3ccccc23)Oc2c1ccc1ccccc21. The summed E-state index contributed by atoms with van der Waals surface area (Å²) in [5.41, 5.74) is 2.63. The fourth-order valence-corrected chi connectivity index (χ4v) is 5.33. The zero-order valence-corrected chi connectivity index (χ0v) is 18.6. The Bertz CT molecular complexity index is 1740. The van der Waals surface area contributed by atoms with E-state index in [9.17, 15) is 0 Å². The molecular weight excluding hydrogens is 412 g/mol. The van der Waals surface area contributed by atoms with Gasteiger partial charge >= 0.3 is 0 Å². The van der Waals surface area contributed by atoms with Gasteiger partial charge in [0.2, 0.25) is 0 Å². The standard InChI is InChI=1S/C33H22O/c1-2-11-27-22-28(19-18-23(27)8-1)33(31-15-7-12-24-9-3-5-13-29(24)31)21-20-26-17-16-25-10-4-6-14-30(25)32(26)34-33/h1-22H. The minimum atomic E-state index is -0.748. The number of rotatable bonds is 2. The van der Waals surface area contributed by atoms with Gasteiger partial charge in [0, 0.05) is 22.1 Å². The molecule has 0 amide bonds. The second-order valence-corrected chi connectivity index (χ2v) is 8.96. The summed E-state index contributed by atoms with van der Waals surface area (Å²) in [4.78, 5) is 0. The Kier molecular flexibility index (Phi) is 4.13. The van der Waals surface area contributed by atoms with Crippen LogP contribution in [0.5, 0.6) is 5.75 Å². The van der Waals surface area contributed by atoms with Crippen LogP contribution in [-0.2, 0) is 5.60 Å². The molecule has 0 bridgehead atoms. The average molecular weight is 435 g/mol. The molecule has 6 aromatic rings. The lowest BCUT2D eigenvalue weighted by Crippen LogP contribution is -2.34. The quantitative estimate of drug-likeness (QED) is 0.265. The van der Waals surface area contributed by atoms with Crippen molar-refractivity contribution in [3.05, 3.63) is 144 Å². The third kappa shape index (κ3) is 2.80. The fourth-order valence-electron chi connectivity index (χ4n) is 5.33. The van der Waals surface area contributed by atoms with E-state index >= 15 is 0 Å². The van der Waals surface area contributed by atoms with Crippen molar-refractivity contribution in [1.82, 2.24) is 0 Å². The summed E-state index contributed by atoms with van der Waals surface area (Å²) in [6.07, 6.45) is 4.46. The molecule has 160 valence electrons. The van der Waals surface area contributed by atoms with E-state index in [1.165, 1.54) is 26.9 Å². The minimum absolute atomic E-state index is 0.748. The van der Waals surface area contributed by atoms with E-state index in [1.54, 1.807) is 0 Å². The van der Waals surface area contributed by atoms with E-state index < -0.39 is 5.60 Å². The van der Waals surface area contributed by atoms with Crippen molar-refractivity contribution in [2.75, 3.05) is 0 Å². The fraction of sp³-hybridized carbons (Fsp3) is 0.0303. The smallest absolute Gasteiger partial charge is 0.178 e. The van der Waals surface area contributed by atoms with Crippen LogP contribution >= 0.6 is 0 Å². The van der Waals surface area contributed by atoms with Crippen molar-refractivity contribution < 1.29 is 4.74 Å². The van der Waals surface area contributed by atoms with Crippen LogP contribution in [0.1, 0.15) is 16.7 Å². The van der Waals surface area contributed by atoms with Crippen molar-refractivity contribution in [3.63, 3.8) is 0 Å². The van der Waals surface area contributed by atoms with Gasteiger partial charge in [0.1, 0.15) is 5.75 Å². The molecule has 1 heterocycles. The Hall–Kier alpha value is -4.36. The molecule has 1 nitrogen and oxygen atoms in total. The molecule has 0 saturated carbocycles. The van der Waals surface area contributed by atoms with Crippen LogP contribution in [0.4, 0.5) is 0 Å². The van der Waals surface area contributed by atoms with Crippen LogP contribution in [-0.4, -0.2) is 0 Å². The van der Waals surface area contributed by atoms with E-state index in [-0.39, 0.29) is 0 Å². The summed E-state index contributed by atoms with van der Waals surface area (Å²) in [5.74, 6) is 0.932. The van der Waals surface area contributed by atoms with Gasteiger partial charge in [-0.3, -0.25) is 0 Å². The van der Waals surface area contributed by atoms with Crippen molar-refractivity contribution >= 4 is 38.4 Å². The first-order valence-corrected chi connectivity index (χ1v) is 11.7. The lowest BCUT2D eigenvalue weighted by molar-refractivity contribution is 0.165. The third-order valence-corrected chi connectivity index (χ3v) is 7.04. The van der Waals surface area contributed by atoms with Crippen LogP contribution in [0, 0.1) is 0 Å². The van der Waals surface area contributed by atoms with Crippen molar-refractivity contribution in [1.29, 1.82) is 0 Å². The molecular formula is C33H22O. The molecule has 6 aromatic carbocycles. The first-order chi connectivity index (χ1) is 16.8. The summed E-state index contributed by atoms with van der Waals surface area (Å²) in [6, 6.07) is 43.1. The molecule has 1 heteroatoms. The Morgan fingerprint density at radius 1 is 0.500 bits per heavy atom. The topological polar surface area (TPSA) is 9.23 Å². The van der Waals surface area contributed by atoms with Crippen LogP contribution in [0.15, 0.2) is 127 Å². The van der Waals surface area contributed by atoms with E-state index in [0.29, 0.717) is 0 Å². The van der Waals surface area contributed by atoms with Gasteiger partial charge in [-0.1, -0.05) is 121 Å². The number of fused-ring (bicyclic) bond motifs is 5. The first-order valence-electron chi connectivity index (χ1n) is 11.7. The number of hydrogen-bond acceptors (Lipinski definition) is 1. The normalized spacial score (nSPS) is 17.1. The Labute approximate surface area is 198 Å². The molecule has 0 N–H and O–H groups in total. The maximum absolute atomic E-state index is 7.18. The maximum Gasteiger partial charge on any atom is 0.178 e. The highest BCUT2D eigenvalue weighted by atomic mass is 16.5. The molecule has 1 aliphatic rings. The molecule has 34 heavy (non-hydrogen) atoms. The van der Waals surface area contributed by atoms with Gasteiger partial charge in [-0.05, 0) is 39.1 Å². The van der Waals surface area contributed by atoms with Gasteiger partial charge in [0.15, 0.2) is 5.60 Å². The number of hydrogen-bond donors (Lipinski definition) is 0. The van der Waals surface area contributed by atoms with Crippen molar-refractivity contribution in [3.8, 4) is 5.75 Å². The predicted molar refractivity (Wildman–Crippen MR) is 142 cm³/mol. The Balaban J connectivity index is 1.56. The number of benzene rings is 6. The highest BCUT2D eigenvalue weighted by Crippen LogP contribution is 2.47. The van der Waals surface area contributed by atoms with Crippen molar-refractivity contribution in [2.24, 2.45) is 0 Å². The molecule has 0 aliphatic carbocycles. The van der Waals surface area contributed by atoms with E-state index in [1.807, 2.05) is 0 Å². The van der Waals surface area contributed by atoms with E-state index in [0.717, 1.165) is 27.8 Å². The van der Waals surface area contributed by atoms with Gasteiger partial charge in [0.05, 0.1) is 0 Å². The maximum atomic E-state index is 7.18. The van der Waals surface area contributed by atoms with Crippen LogP contribution < -0.4 is 4.74 Å². The van der Waals surface area contributed by atoms with Crippen molar-refractivity contribution in [2.45, 2.75) is 5.60 Å². The molecule has 1 aliphatic heterocycles. The van der Waals surface area contributed by atoms with E-state index in [4.69, 9.17) is 4.74 Å². The summed E-state index contributed by atoms with van der Waals surface area (Å²) in [5, 5.41) is 7.16. The Morgan fingerprint density at radius 2 is 1.15 bits per heavy atom. The summed E-state index contributed by atoms with van der Waals surface area (Å²) < 4.78 is 7.18. The molecule has 1 atom stereocenters. The second kappa shape index (κ2) is 7.33. The molecule has 0 aromatic heterocycles. The van der Waals surface area contributed by atoms with Crippen LogP contribution in [0.2, 0.25) is 0 Å². The molecule has 0 radical (unpaired) electrons. The molecule has 0 fully saturated rings. The summed E-state index contributed by atoms with van der Waals surface area (Å²) in [6.45, 7) is 0. The first kappa shape index (κ1) is 19.1. The predicted octanol–water partition coefficient (Wildman–Crippen LogP) is 8.50. The monoisotopic (exact) mass is 434 g/mol. The minimum Gasteiger partial charge on any atom is -0.472 e. The molecule has 0 saturated heterocycles. The van der Waals surface area contributed by atoms with Gasteiger partial charge in [-0.15, -0.1) is 0 Å². The highest BCUT2D eigenvalue weighted by molar-refractivity contribution is 5.94.